The first-order valence-corrected chi connectivity index (χ1v) is 8.29. The normalized spacial score (nSPS) is 10.1. The highest BCUT2D eigenvalue weighted by molar-refractivity contribution is 9.10. The van der Waals surface area contributed by atoms with Crippen molar-refractivity contribution in [1.82, 2.24) is 0 Å². The largest absolute Gasteiger partial charge is 0.489 e. The third-order valence-electron chi connectivity index (χ3n) is 3.10. The Kier molecular flexibility index (Phi) is 6.44. The highest BCUT2D eigenvalue weighted by atomic mass is 79.9. The number of amides is 1. The molecular weight excluding hydrogens is 370 g/mol. The van der Waals surface area contributed by atoms with Crippen LogP contribution in [-0.4, -0.2) is 19.1 Å². The number of benzene rings is 2. The maximum absolute atomic E-state index is 12.0. The van der Waals surface area contributed by atoms with Gasteiger partial charge in [-0.1, -0.05) is 28.6 Å². The van der Waals surface area contributed by atoms with Crippen LogP contribution in [0.1, 0.15) is 12.5 Å². The number of ether oxygens (including phenoxy) is 2. The minimum Gasteiger partial charge on any atom is -0.489 e. The standard InChI is InChI=1S/C19H20BrNO3/c1-13(2)11-23-17-6-4-5-16(10-17)21-19(22)12-24-18-8-7-15(20)9-14(18)3/h4-10H,1,11-12H2,2-3H3,(H,21,22). The Labute approximate surface area is 150 Å². The average Bonchev–Trinajstić information content (AvgIpc) is 2.52. The molecule has 0 spiro atoms. The number of aryl methyl sites for hydroxylation is 1. The molecule has 1 N–H and O–H groups in total. The van der Waals surface area contributed by atoms with Crippen LogP contribution in [0.25, 0.3) is 0 Å². The Morgan fingerprint density at radius 3 is 2.67 bits per heavy atom. The van der Waals surface area contributed by atoms with E-state index in [0.717, 1.165) is 15.6 Å². The summed E-state index contributed by atoms with van der Waals surface area (Å²) in [6.07, 6.45) is 0. The summed E-state index contributed by atoms with van der Waals surface area (Å²) >= 11 is 3.40. The molecule has 0 fully saturated rings. The van der Waals surface area contributed by atoms with Crippen LogP contribution in [0.3, 0.4) is 0 Å². The second-order valence-electron chi connectivity index (χ2n) is 5.52. The van der Waals surface area contributed by atoms with Gasteiger partial charge in [-0.2, -0.15) is 0 Å². The van der Waals surface area contributed by atoms with Crippen LogP contribution in [-0.2, 0) is 4.79 Å². The molecule has 0 unspecified atom stereocenters. The van der Waals surface area contributed by atoms with E-state index in [9.17, 15) is 4.79 Å². The van der Waals surface area contributed by atoms with Crippen molar-refractivity contribution in [3.63, 3.8) is 0 Å². The molecule has 126 valence electrons. The zero-order valence-electron chi connectivity index (χ0n) is 13.8. The summed E-state index contributed by atoms with van der Waals surface area (Å²) in [5.74, 6) is 1.14. The van der Waals surface area contributed by atoms with Crippen molar-refractivity contribution >= 4 is 27.5 Å². The smallest absolute Gasteiger partial charge is 0.262 e. The molecule has 0 atom stereocenters. The lowest BCUT2D eigenvalue weighted by Gasteiger charge is -2.11. The van der Waals surface area contributed by atoms with Crippen LogP contribution in [0.15, 0.2) is 59.1 Å². The number of halogens is 1. The van der Waals surface area contributed by atoms with Gasteiger partial charge in [0, 0.05) is 16.2 Å². The van der Waals surface area contributed by atoms with Gasteiger partial charge in [-0.25, -0.2) is 0 Å². The minimum atomic E-state index is -0.227. The van der Waals surface area contributed by atoms with E-state index in [1.54, 1.807) is 12.1 Å². The van der Waals surface area contributed by atoms with Crippen LogP contribution in [0.2, 0.25) is 0 Å². The van der Waals surface area contributed by atoms with E-state index in [4.69, 9.17) is 9.47 Å². The second kappa shape index (κ2) is 8.55. The zero-order valence-corrected chi connectivity index (χ0v) is 15.4. The van der Waals surface area contributed by atoms with E-state index in [1.807, 2.05) is 44.2 Å². The fourth-order valence-corrected chi connectivity index (χ4v) is 2.46. The first-order chi connectivity index (χ1) is 11.4. The number of carbonyl (C=O) groups excluding carboxylic acids is 1. The number of hydrogen-bond donors (Lipinski definition) is 1. The van der Waals surface area contributed by atoms with E-state index >= 15 is 0 Å². The Hall–Kier alpha value is -2.27. The molecule has 0 aliphatic heterocycles. The summed E-state index contributed by atoms with van der Waals surface area (Å²) in [7, 11) is 0. The van der Waals surface area contributed by atoms with E-state index in [-0.39, 0.29) is 12.5 Å². The topological polar surface area (TPSA) is 47.6 Å². The quantitative estimate of drug-likeness (QED) is 0.696. The molecule has 0 bridgehead atoms. The molecule has 1 amide bonds. The molecule has 2 rings (SSSR count). The first kappa shape index (κ1) is 18.1. The molecule has 0 radical (unpaired) electrons. The maximum Gasteiger partial charge on any atom is 0.262 e. The molecule has 0 aromatic heterocycles. The average molecular weight is 390 g/mol. The lowest BCUT2D eigenvalue weighted by molar-refractivity contribution is -0.118. The predicted molar refractivity (Wildman–Crippen MR) is 99.8 cm³/mol. The number of hydrogen-bond acceptors (Lipinski definition) is 3. The van der Waals surface area contributed by atoms with Crippen molar-refractivity contribution in [3.8, 4) is 11.5 Å². The van der Waals surface area contributed by atoms with Gasteiger partial charge in [0.15, 0.2) is 6.61 Å². The lowest BCUT2D eigenvalue weighted by atomic mass is 10.2. The van der Waals surface area contributed by atoms with Gasteiger partial charge in [-0.3, -0.25) is 4.79 Å². The number of rotatable bonds is 7. The van der Waals surface area contributed by atoms with Gasteiger partial charge in [0.1, 0.15) is 18.1 Å². The van der Waals surface area contributed by atoms with Crippen LogP contribution < -0.4 is 14.8 Å². The monoisotopic (exact) mass is 389 g/mol. The zero-order chi connectivity index (χ0) is 17.5. The number of nitrogens with one attached hydrogen (secondary N) is 1. The molecule has 0 heterocycles. The highest BCUT2D eigenvalue weighted by Crippen LogP contribution is 2.22. The van der Waals surface area contributed by atoms with Crippen molar-refractivity contribution in [3.05, 3.63) is 64.7 Å². The van der Waals surface area contributed by atoms with Crippen molar-refractivity contribution in [2.75, 3.05) is 18.5 Å². The van der Waals surface area contributed by atoms with Crippen LogP contribution in [0, 0.1) is 6.92 Å². The molecule has 5 heteroatoms. The fourth-order valence-electron chi connectivity index (χ4n) is 1.99. The number of carbonyl (C=O) groups is 1. The van der Waals surface area contributed by atoms with E-state index in [2.05, 4.69) is 27.8 Å². The molecule has 24 heavy (non-hydrogen) atoms. The van der Waals surface area contributed by atoms with Gasteiger partial charge in [0.2, 0.25) is 0 Å². The molecule has 0 aliphatic rings. The summed E-state index contributed by atoms with van der Waals surface area (Å²) in [6, 6.07) is 12.9. The van der Waals surface area contributed by atoms with Crippen LogP contribution >= 0.6 is 15.9 Å². The van der Waals surface area contributed by atoms with Gasteiger partial charge >= 0.3 is 0 Å². The molecular formula is C19H20BrNO3. The summed E-state index contributed by atoms with van der Waals surface area (Å²) in [5.41, 5.74) is 2.56. The van der Waals surface area contributed by atoms with Crippen molar-refractivity contribution < 1.29 is 14.3 Å². The van der Waals surface area contributed by atoms with Gasteiger partial charge in [-0.05, 0) is 55.3 Å². The molecule has 0 saturated carbocycles. The fraction of sp³-hybridized carbons (Fsp3) is 0.211. The molecule has 4 nitrogen and oxygen atoms in total. The Morgan fingerprint density at radius 2 is 1.96 bits per heavy atom. The van der Waals surface area contributed by atoms with Gasteiger partial charge in [-0.15, -0.1) is 0 Å². The second-order valence-corrected chi connectivity index (χ2v) is 6.44. The van der Waals surface area contributed by atoms with E-state index in [0.29, 0.717) is 23.8 Å². The highest BCUT2D eigenvalue weighted by Gasteiger charge is 2.07. The molecule has 0 aliphatic carbocycles. The Morgan fingerprint density at radius 1 is 1.17 bits per heavy atom. The molecule has 2 aromatic carbocycles. The summed E-state index contributed by atoms with van der Waals surface area (Å²) in [6.45, 7) is 8.01. The molecule has 0 saturated heterocycles. The van der Waals surface area contributed by atoms with E-state index < -0.39 is 0 Å². The van der Waals surface area contributed by atoms with Gasteiger partial charge in [0.05, 0.1) is 0 Å². The summed E-state index contributed by atoms with van der Waals surface area (Å²) < 4.78 is 12.1. The van der Waals surface area contributed by atoms with E-state index in [1.165, 1.54) is 0 Å². The first-order valence-electron chi connectivity index (χ1n) is 7.50. The van der Waals surface area contributed by atoms with Crippen LogP contribution in [0.5, 0.6) is 11.5 Å². The van der Waals surface area contributed by atoms with Crippen molar-refractivity contribution in [2.24, 2.45) is 0 Å². The van der Waals surface area contributed by atoms with Crippen molar-refractivity contribution in [1.29, 1.82) is 0 Å². The van der Waals surface area contributed by atoms with Gasteiger partial charge in [0.25, 0.3) is 5.91 Å². The number of anilines is 1. The molecule has 2 aromatic rings. The third-order valence-corrected chi connectivity index (χ3v) is 3.59. The Balaban J connectivity index is 1.90. The predicted octanol–water partition coefficient (Wildman–Crippen LogP) is 4.73. The summed E-state index contributed by atoms with van der Waals surface area (Å²) in [5, 5.41) is 2.80. The minimum absolute atomic E-state index is 0.0562. The Bertz CT molecular complexity index is 743. The van der Waals surface area contributed by atoms with Gasteiger partial charge < -0.3 is 14.8 Å². The summed E-state index contributed by atoms with van der Waals surface area (Å²) in [4.78, 5) is 12.0. The van der Waals surface area contributed by atoms with Crippen LogP contribution in [0.4, 0.5) is 5.69 Å². The lowest BCUT2D eigenvalue weighted by Crippen LogP contribution is -2.20. The SMILES string of the molecule is C=C(C)COc1cccc(NC(=O)COc2ccc(Br)cc2C)c1. The van der Waals surface area contributed by atoms with Crippen molar-refractivity contribution in [2.45, 2.75) is 13.8 Å². The third kappa shape index (κ3) is 5.74. The maximum atomic E-state index is 12.0.